The van der Waals surface area contributed by atoms with Crippen LogP contribution in [0.5, 0.6) is 0 Å². The lowest BCUT2D eigenvalue weighted by molar-refractivity contribution is 0.502. The Kier molecular flexibility index (Phi) is 4.94. The molecule has 20 heavy (non-hydrogen) atoms. The molecule has 2 nitrogen and oxygen atoms in total. The zero-order chi connectivity index (χ0) is 14.7. The fourth-order valence-electron chi connectivity index (χ4n) is 1.96. The van der Waals surface area contributed by atoms with Crippen LogP contribution in [0.4, 0.5) is 8.78 Å². The van der Waals surface area contributed by atoms with E-state index < -0.39 is 17.7 Å². The molecule has 0 amide bonds. The third-order valence-corrected chi connectivity index (χ3v) is 3.57. The highest BCUT2D eigenvalue weighted by Crippen LogP contribution is 2.27. The third-order valence-electron chi connectivity index (χ3n) is 2.97. The van der Waals surface area contributed by atoms with Crippen LogP contribution in [-0.2, 0) is 6.42 Å². The van der Waals surface area contributed by atoms with Crippen molar-refractivity contribution in [2.75, 3.05) is 0 Å². The Morgan fingerprint density at radius 1 is 1.10 bits per heavy atom. The summed E-state index contributed by atoms with van der Waals surface area (Å²) in [5.74, 6) is 4.16. The zero-order valence-electron chi connectivity index (χ0n) is 10.3. The van der Waals surface area contributed by atoms with Crippen LogP contribution in [0.15, 0.2) is 36.4 Å². The van der Waals surface area contributed by atoms with Crippen molar-refractivity contribution in [2.45, 2.75) is 12.5 Å². The molecule has 0 bridgehead atoms. The quantitative estimate of drug-likeness (QED) is 0.660. The van der Waals surface area contributed by atoms with Gasteiger partial charge in [0.05, 0.1) is 6.04 Å². The van der Waals surface area contributed by atoms with Crippen LogP contribution < -0.4 is 11.3 Å². The summed E-state index contributed by atoms with van der Waals surface area (Å²) < 4.78 is 26.7. The molecule has 2 aromatic rings. The van der Waals surface area contributed by atoms with Crippen molar-refractivity contribution in [1.82, 2.24) is 5.43 Å². The highest BCUT2D eigenvalue weighted by Gasteiger charge is 2.17. The summed E-state index contributed by atoms with van der Waals surface area (Å²) in [6.45, 7) is 0. The first-order valence-electron chi connectivity index (χ1n) is 5.86. The van der Waals surface area contributed by atoms with Crippen molar-refractivity contribution in [3.8, 4) is 0 Å². The minimum Gasteiger partial charge on any atom is -0.271 e. The number of benzene rings is 2. The summed E-state index contributed by atoms with van der Waals surface area (Å²) in [7, 11) is 0. The molecule has 0 aliphatic heterocycles. The smallest absolute Gasteiger partial charge is 0.130 e. The lowest BCUT2D eigenvalue weighted by Crippen LogP contribution is -2.30. The van der Waals surface area contributed by atoms with Gasteiger partial charge in [0.2, 0.25) is 0 Å². The molecular formula is C14H12Cl2F2N2. The zero-order valence-corrected chi connectivity index (χ0v) is 11.8. The van der Waals surface area contributed by atoms with Gasteiger partial charge in [0.25, 0.3) is 0 Å². The van der Waals surface area contributed by atoms with Gasteiger partial charge in [-0.25, -0.2) is 8.78 Å². The molecule has 106 valence electrons. The van der Waals surface area contributed by atoms with Gasteiger partial charge in [-0.3, -0.25) is 11.3 Å². The topological polar surface area (TPSA) is 38.0 Å². The van der Waals surface area contributed by atoms with Crippen LogP contribution in [0.2, 0.25) is 10.0 Å². The molecule has 0 aliphatic carbocycles. The van der Waals surface area contributed by atoms with E-state index in [0.717, 1.165) is 11.6 Å². The Labute approximate surface area is 125 Å². The average Bonchev–Trinajstić information content (AvgIpc) is 2.40. The molecule has 0 spiro atoms. The SMILES string of the molecule is NNC(Cc1cc(Cl)ccc1Cl)c1ccc(F)cc1F. The Hall–Kier alpha value is -1.20. The standard InChI is InChI=1S/C14H12Cl2F2N2/c15-9-1-4-12(16)8(5-9)6-14(20-19)11-3-2-10(17)7-13(11)18/h1-5,7,14,20H,6,19H2. The van der Waals surface area contributed by atoms with E-state index in [4.69, 9.17) is 29.0 Å². The van der Waals surface area contributed by atoms with Gasteiger partial charge in [-0.15, -0.1) is 0 Å². The summed E-state index contributed by atoms with van der Waals surface area (Å²) in [5, 5.41) is 1.04. The second-order valence-electron chi connectivity index (χ2n) is 4.32. The molecule has 0 aromatic heterocycles. The first kappa shape index (κ1) is 15.2. The number of halogens is 4. The molecular weight excluding hydrogens is 305 g/mol. The molecule has 2 rings (SSSR count). The molecule has 6 heteroatoms. The second kappa shape index (κ2) is 6.50. The molecule has 0 saturated carbocycles. The van der Waals surface area contributed by atoms with Gasteiger partial charge in [0.15, 0.2) is 0 Å². The summed E-state index contributed by atoms with van der Waals surface area (Å²) in [4.78, 5) is 0. The van der Waals surface area contributed by atoms with Crippen molar-refractivity contribution in [3.05, 3.63) is 69.2 Å². The Balaban J connectivity index is 2.31. The van der Waals surface area contributed by atoms with Crippen molar-refractivity contribution in [1.29, 1.82) is 0 Å². The highest BCUT2D eigenvalue weighted by atomic mass is 35.5. The summed E-state index contributed by atoms with van der Waals surface area (Å²) in [6.07, 6.45) is 0.332. The number of rotatable bonds is 4. The predicted molar refractivity (Wildman–Crippen MR) is 76.6 cm³/mol. The number of nitrogens with one attached hydrogen (secondary N) is 1. The van der Waals surface area contributed by atoms with E-state index in [-0.39, 0.29) is 5.56 Å². The van der Waals surface area contributed by atoms with Gasteiger partial charge in [0.1, 0.15) is 11.6 Å². The van der Waals surface area contributed by atoms with Gasteiger partial charge in [-0.2, -0.15) is 0 Å². The molecule has 0 fully saturated rings. The van der Waals surface area contributed by atoms with Gasteiger partial charge in [-0.1, -0.05) is 29.3 Å². The molecule has 0 saturated heterocycles. The first-order chi connectivity index (χ1) is 9.51. The van der Waals surface area contributed by atoms with Crippen molar-refractivity contribution in [2.24, 2.45) is 5.84 Å². The minimum atomic E-state index is -0.661. The van der Waals surface area contributed by atoms with Crippen LogP contribution in [0, 0.1) is 11.6 Å². The van der Waals surface area contributed by atoms with Crippen LogP contribution in [0.25, 0.3) is 0 Å². The summed E-state index contributed by atoms with van der Waals surface area (Å²) in [6, 6.07) is 7.83. The van der Waals surface area contributed by atoms with Gasteiger partial charge < -0.3 is 0 Å². The number of hydrogen-bond acceptors (Lipinski definition) is 2. The number of nitrogens with two attached hydrogens (primary N) is 1. The Bertz CT molecular complexity index is 620. The highest BCUT2D eigenvalue weighted by molar-refractivity contribution is 6.33. The minimum absolute atomic E-state index is 0.268. The fraction of sp³-hybridized carbons (Fsp3) is 0.143. The largest absolute Gasteiger partial charge is 0.271 e. The van der Waals surface area contributed by atoms with E-state index in [1.54, 1.807) is 18.2 Å². The normalized spacial score (nSPS) is 12.4. The average molecular weight is 317 g/mol. The number of hydrogen-bond donors (Lipinski definition) is 2. The van der Waals surface area contributed by atoms with Crippen molar-refractivity contribution in [3.63, 3.8) is 0 Å². The second-order valence-corrected chi connectivity index (χ2v) is 5.17. The van der Waals surface area contributed by atoms with Gasteiger partial charge in [0, 0.05) is 21.7 Å². The predicted octanol–water partition coefficient (Wildman–Crippen LogP) is 4.02. The Morgan fingerprint density at radius 3 is 2.50 bits per heavy atom. The molecule has 0 radical (unpaired) electrons. The fourth-order valence-corrected chi connectivity index (χ4v) is 2.35. The maximum atomic E-state index is 13.8. The lowest BCUT2D eigenvalue weighted by Gasteiger charge is -2.18. The maximum Gasteiger partial charge on any atom is 0.130 e. The van der Waals surface area contributed by atoms with Crippen LogP contribution in [0.3, 0.4) is 0 Å². The van der Waals surface area contributed by atoms with E-state index in [9.17, 15) is 8.78 Å². The van der Waals surface area contributed by atoms with Crippen molar-refractivity contribution >= 4 is 23.2 Å². The van der Waals surface area contributed by atoms with E-state index in [0.29, 0.717) is 16.5 Å². The van der Waals surface area contributed by atoms with Gasteiger partial charge in [-0.05, 0) is 36.2 Å². The van der Waals surface area contributed by atoms with E-state index in [1.165, 1.54) is 12.1 Å². The van der Waals surface area contributed by atoms with Gasteiger partial charge >= 0.3 is 0 Å². The van der Waals surface area contributed by atoms with Crippen molar-refractivity contribution < 1.29 is 8.78 Å². The molecule has 3 N–H and O–H groups in total. The number of hydrazine groups is 1. The van der Waals surface area contributed by atoms with Crippen LogP contribution in [0.1, 0.15) is 17.2 Å². The summed E-state index contributed by atoms with van der Waals surface area (Å²) in [5.41, 5.74) is 3.51. The maximum absolute atomic E-state index is 13.8. The Morgan fingerprint density at radius 2 is 1.85 bits per heavy atom. The monoisotopic (exact) mass is 316 g/mol. The van der Waals surface area contributed by atoms with E-state index >= 15 is 0 Å². The molecule has 1 unspecified atom stereocenters. The molecule has 1 atom stereocenters. The lowest BCUT2D eigenvalue weighted by atomic mass is 9.99. The molecule has 0 heterocycles. The first-order valence-corrected chi connectivity index (χ1v) is 6.62. The van der Waals surface area contributed by atoms with E-state index in [1.807, 2.05) is 0 Å². The molecule has 2 aromatic carbocycles. The molecule has 0 aliphatic rings. The van der Waals surface area contributed by atoms with Crippen LogP contribution in [-0.4, -0.2) is 0 Å². The van der Waals surface area contributed by atoms with E-state index in [2.05, 4.69) is 5.43 Å². The van der Waals surface area contributed by atoms with Crippen LogP contribution >= 0.6 is 23.2 Å². The summed E-state index contributed by atoms with van der Waals surface area (Å²) >= 11 is 12.0. The third kappa shape index (κ3) is 3.46.